The van der Waals surface area contributed by atoms with Gasteiger partial charge in [-0.2, -0.15) is 0 Å². The van der Waals surface area contributed by atoms with Crippen LogP contribution in [0, 0.1) is 17.6 Å². The number of hydrogen-bond donors (Lipinski definition) is 2. The largest absolute Gasteiger partial charge is 0.469 e. The van der Waals surface area contributed by atoms with Crippen molar-refractivity contribution in [2.24, 2.45) is 10.9 Å². The molecular formula is C19H24F2N4O. The fourth-order valence-corrected chi connectivity index (χ4v) is 3.14. The predicted molar refractivity (Wildman–Crippen MR) is 98.5 cm³/mol. The molecule has 140 valence electrons. The summed E-state index contributed by atoms with van der Waals surface area (Å²) in [5, 5.41) is 6.59. The summed E-state index contributed by atoms with van der Waals surface area (Å²) in [6, 6.07) is 7.90. The molecule has 2 aromatic rings. The van der Waals surface area contributed by atoms with E-state index in [1.807, 2.05) is 12.1 Å². The summed E-state index contributed by atoms with van der Waals surface area (Å²) in [4.78, 5) is 6.31. The quantitative estimate of drug-likeness (QED) is 0.613. The van der Waals surface area contributed by atoms with Gasteiger partial charge in [0.2, 0.25) is 0 Å². The number of halogens is 2. The van der Waals surface area contributed by atoms with E-state index >= 15 is 0 Å². The Morgan fingerprint density at radius 3 is 2.88 bits per heavy atom. The number of benzene rings is 1. The fraction of sp³-hybridized carbons (Fsp3) is 0.421. The highest BCUT2D eigenvalue weighted by molar-refractivity contribution is 5.79. The van der Waals surface area contributed by atoms with Crippen LogP contribution in [0.3, 0.4) is 0 Å². The van der Waals surface area contributed by atoms with E-state index in [1.165, 1.54) is 12.1 Å². The van der Waals surface area contributed by atoms with Gasteiger partial charge >= 0.3 is 0 Å². The molecule has 0 amide bonds. The van der Waals surface area contributed by atoms with Gasteiger partial charge in [0.1, 0.15) is 5.76 Å². The topological polar surface area (TPSA) is 52.8 Å². The molecule has 0 radical (unpaired) electrons. The van der Waals surface area contributed by atoms with Gasteiger partial charge in [-0.1, -0.05) is 0 Å². The first-order chi connectivity index (χ1) is 12.7. The summed E-state index contributed by atoms with van der Waals surface area (Å²) in [6.45, 7) is 3.16. The first kappa shape index (κ1) is 18.2. The lowest BCUT2D eigenvalue weighted by atomic mass is 10.1. The van der Waals surface area contributed by atoms with Gasteiger partial charge in [-0.15, -0.1) is 0 Å². The molecule has 26 heavy (non-hydrogen) atoms. The molecule has 1 fully saturated rings. The van der Waals surface area contributed by atoms with Crippen molar-refractivity contribution >= 4 is 11.6 Å². The predicted octanol–water partition coefficient (Wildman–Crippen LogP) is 2.79. The Morgan fingerprint density at radius 1 is 1.27 bits per heavy atom. The Hall–Kier alpha value is -2.57. The number of nitrogens with one attached hydrogen (secondary N) is 2. The summed E-state index contributed by atoms with van der Waals surface area (Å²) in [5.74, 6) is 0.501. The molecule has 0 saturated carbocycles. The van der Waals surface area contributed by atoms with E-state index in [0.29, 0.717) is 5.92 Å². The zero-order valence-electron chi connectivity index (χ0n) is 14.8. The molecule has 2 heterocycles. The van der Waals surface area contributed by atoms with Gasteiger partial charge < -0.3 is 20.0 Å². The summed E-state index contributed by atoms with van der Waals surface area (Å²) >= 11 is 0. The second kappa shape index (κ2) is 8.69. The van der Waals surface area contributed by atoms with Crippen molar-refractivity contribution in [3.05, 3.63) is 54.0 Å². The van der Waals surface area contributed by atoms with Crippen LogP contribution < -0.4 is 15.5 Å². The van der Waals surface area contributed by atoms with Crippen molar-refractivity contribution in [2.75, 3.05) is 38.1 Å². The van der Waals surface area contributed by atoms with Gasteiger partial charge in [0.25, 0.3) is 0 Å². The van der Waals surface area contributed by atoms with E-state index in [0.717, 1.165) is 56.4 Å². The van der Waals surface area contributed by atoms with Crippen LogP contribution in [-0.4, -0.2) is 39.2 Å². The van der Waals surface area contributed by atoms with Crippen molar-refractivity contribution < 1.29 is 13.2 Å². The molecule has 2 N–H and O–H groups in total. The van der Waals surface area contributed by atoms with E-state index in [9.17, 15) is 8.78 Å². The van der Waals surface area contributed by atoms with Crippen molar-refractivity contribution in [1.82, 2.24) is 10.6 Å². The molecule has 1 aromatic heterocycles. The maximum absolute atomic E-state index is 13.4. The second-order valence-corrected chi connectivity index (χ2v) is 6.41. The molecule has 1 aromatic carbocycles. The summed E-state index contributed by atoms with van der Waals surface area (Å²) in [6.07, 6.45) is 3.46. The van der Waals surface area contributed by atoms with E-state index in [4.69, 9.17) is 4.42 Å². The van der Waals surface area contributed by atoms with Crippen LogP contribution in [-0.2, 0) is 6.42 Å². The van der Waals surface area contributed by atoms with E-state index < -0.39 is 11.6 Å². The van der Waals surface area contributed by atoms with Crippen LogP contribution in [0.25, 0.3) is 0 Å². The van der Waals surface area contributed by atoms with E-state index in [2.05, 4.69) is 20.5 Å². The third kappa shape index (κ3) is 4.74. The van der Waals surface area contributed by atoms with E-state index in [1.54, 1.807) is 19.4 Å². The zero-order chi connectivity index (χ0) is 18.4. The molecule has 7 heteroatoms. The Bertz CT molecular complexity index is 733. The Balaban J connectivity index is 1.42. The highest BCUT2D eigenvalue weighted by Gasteiger charge is 2.23. The highest BCUT2D eigenvalue weighted by Crippen LogP contribution is 2.24. The van der Waals surface area contributed by atoms with Crippen LogP contribution >= 0.6 is 0 Å². The van der Waals surface area contributed by atoms with Crippen LogP contribution in [0.5, 0.6) is 0 Å². The molecular weight excluding hydrogens is 338 g/mol. The number of furan rings is 1. The molecule has 1 atom stereocenters. The maximum Gasteiger partial charge on any atom is 0.191 e. The number of guanidine groups is 1. The first-order valence-corrected chi connectivity index (χ1v) is 8.82. The van der Waals surface area contributed by atoms with Crippen LogP contribution in [0.1, 0.15) is 12.2 Å². The lowest BCUT2D eigenvalue weighted by molar-refractivity contribution is 0.506. The standard InChI is InChI=1S/C19H24F2N4O/c1-22-19(23-8-6-16-3-2-10-26-16)24-12-14-7-9-25(13-14)15-4-5-17(20)18(21)11-15/h2-5,10-11,14H,6-9,12-13H2,1H3,(H2,22,23,24). The van der Waals surface area contributed by atoms with Crippen LogP contribution in [0.15, 0.2) is 46.0 Å². The third-order valence-electron chi connectivity index (χ3n) is 4.58. The normalized spacial score (nSPS) is 17.6. The molecule has 1 saturated heterocycles. The minimum Gasteiger partial charge on any atom is -0.469 e. The molecule has 0 aliphatic carbocycles. The first-order valence-electron chi connectivity index (χ1n) is 8.82. The van der Waals surface area contributed by atoms with Gasteiger partial charge in [0, 0.05) is 51.4 Å². The molecule has 5 nitrogen and oxygen atoms in total. The van der Waals surface area contributed by atoms with Crippen molar-refractivity contribution in [2.45, 2.75) is 12.8 Å². The molecule has 1 aliphatic rings. The Morgan fingerprint density at radius 2 is 2.15 bits per heavy atom. The third-order valence-corrected chi connectivity index (χ3v) is 4.58. The van der Waals surface area contributed by atoms with Gasteiger partial charge in [0.15, 0.2) is 17.6 Å². The monoisotopic (exact) mass is 362 g/mol. The average molecular weight is 362 g/mol. The number of anilines is 1. The van der Waals surface area contributed by atoms with E-state index in [-0.39, 0.29) is 0 Å². The minimum absolute atomic E-state index is 0.423. The summed E-state index contributed by atoms with van der Waals surface area (Å²) < 4.78 is 31.8. The van der Waals surface area contributed by atoms with Gasteiger partial charge in [0.05, 0.1) is 6.26 Å². The van der Waals surface area contributed by atoms with Crippen molar-refractivity contribution in [3.63, 3.8) is 0 Å². The van der Waals surface area contributed by atoms with Gasteiger partial charge in [-0.25, -0.2) is 8.78 Å². The zero-order valence-corrected chi connectivity index (χ0v) is 14.8. The summed E-state index contributed by atoms with van der Waals surface area (Å²) in [7, 11) is 1.74. The van der Waals surface area contributed by atoms with Gasteiger partial charge in [-0.05, 0) is 36.6 Å². The second-order valence-electron chi connectivity index (χ2n) is 6.41. The number of nitrogens with zero attached hydrogens (tertiary/aromatic N) is 2. The van der Waals surface area contributed by atoms with Crippen LogP contribution in [0.2, 0.25) is 0 Å². The Labute approximate surface area is 152 Å². The smallest absolute Gasteiger partial charge is 0.191 e. The lowest BCUT2D eigenvalue weighted by Gasteiger charge is -2.19. The maximum atomic E-state index is 13.4. The average Bonchev–Trinajstić information content (AvgIpc) is 3.32. The van der Waals surface area contributed by atoms with Crippen molar-refractivity contribution in [1.29, 1.82) is 0 Å². The molecule has 0 bridgehead atoms. The van der Waals surface area contributed by atoms with Crippen molar-refractivity contribution in [3.8, 4) is 0 Å². The molecule has 1 aliphatic heterocycles. The molecule has 3 rings (SSSR count). The number of hydrogen-bond acceptors (Lipinski definition) is 3. The molecule has 0 spiro atoms. The number of rotatable bonds is 6. The minimum atomic E-state index is -0.810. The molecule has 1 unspecified atom stereocenters. The summed E-state index contributed by atoms with van der Waals surface area (Å²) in [5.41, 5.74) is 0.729. The fourth-order valence-electron chi connectivity index (χ4n) is 3.14. The SMILES string of the molecule is CN=C(NCCc1ccco1)NCC1CCN(c2ccc(F)c(F)c2)C1. The Kier molecular flexibility index (Phi) is 6.09. The number of aliphatic imine (C=N–C) groups is 1. The van der Waals surface area contributed by atoms with Crippen LogP contribution in [0.4, 0.5) is 14.5 Å². The van der Waals surface area contributed by atoms with Gasteiger partial charge in [-0.3, -0.25) is 4.99 Å². The lowest BCUT2D eigenvalue weighted by Crippen LogP contribution is -2.41. The highest BCUT2D eigenvalue weighted by atomic mass is 19.2.